The molecule has 2 aromatic carbocycles. The monoisotopic (exact) mass is 359 g/mol. The van der Waals surface area contributed by atoms with Crippen molar-refractivity contribution in [1.82, 2.24) is 19.5 Å². The molecular weight excluding hydrogens is 342 g/mol. The van der Waals surface area contributed by atoms with E-state index in [1.165, 1.54) is 0 Å². The van der Waals surface area contributed by atoms with E-state index in [4.69, 9.17) is 4.74 Å². The maximum Gasteiger partial charge on any atom is 0.246 e. The molecule has 0 aliphatic heterocycles. The SMILES string of the molecule is O=C(Cn1c(COc2ccccc2)nc2ccccc21)Nc1ncccn1. The Morgan fingerprint density at radius 3 is 2.52 bits per heavy atom. The maximum atomic E-state index is 12.5. The van der Waals surface area contributed by atoms with Crippen molar-refractivity contribution in [3.63, 3.8) is 0 Å². The van der Waals surface area contributed by atoms with Gasteiger partial charge in [-0.2, -0.15) is 0 Å². The molecule has 0 bridgehead atoms. The van der Waals surface area contributed by atoms with Crippen molar-refractivity contribution in [2.75, 3.05) is 5.32 Å². The molecular formula is C20H17N5O2. The molecule has 2 heterocycles. The molecule has 4 rings (SSSR count). The summed E-state index contributed by atoms with van der Waals surface area (Å²) < 4.78 is 7.67. The van der Waals surface area contributed by atoms with Crippen molar-refractivity contribution >= 4 is 22.9 Å². The Labute approximate surface area is 155 Å². The molecule has 2 aromatic heterocycles. The highest BCUT2D eigenvalue weighted by molar-refractivity contribution is 5.90. The Hall–Kier alpha value is -3.74. The van der Waals surface area contributed by atoms with Crippen LogP contribution in [-0.4, -0.2) is 25.4 Å². The van der Waals surface area contributed by atoms with Crippen LogP contribution in [0.25, 0.3) is 11.0 Å². The molecule has 0 fully saturated rings. The summed E-state index contributed by atoms with van der Waals surface area (Å²) in [4.78, 5) is 25.1. The Kier molecular flexibility index (Phi) is 4.74. The van der Waals surface area contributed by atoms with Crippen LogP contribution in [0, 0.1) is 0 Å². The van der Waals surface area contributed by atoms with Crippen LogP contribution in [0.15, 0.2) is 73.1 Å². The van der Waals surface area contributed by atoms with Crippen LogP contribution in [0.1, 0.15) is 5.82 Å². The van der Waals surface area contributed by atoms with E-state index in [1.807, 2.05) is 59.2 Å². The largest absolute Gasteiger partial charge is 0.486 e. The minimum absolute atomic E-state index is 0.0895. The van der Waals surface area contributed by atoms with Gasteiger partial charge in [0.2, 0.25) is 11.9 Å². The van der Waals surface area contributed by atoms with Crippen LogP contribution < -0.4 is 10.1 Å². The third kappa shape index (κ3) is 3.92. The summed E-state index contributed by atoms with van der Waals surface area (Å²) in [6.45, 7) is 0.347. The van der Waals surface area contributed by atoms with E-state index in [-0.39, 0.29) is 25.0 Å². The molecule has 0 spiro atoms. The molecule has 134 valence electrons. The molecule has 7 heteroatoms. The van der Waals surface area contributed by atoms with Crippen LogP contribution in [0.2, 0.25) is 0 Å². The molecule has 0 aliphatic rings. The number of imidazole rings is 1. The minimum atomic E-state index is -0.231. The van der Waals surface area contributed by atoms with Crippen LogP contribution in [-0.2, 0) is 17.9 Å². The summed E-state index contributed by atoms with van der Waals surface area (Å²) in [6.07, 6.45) is 3.16. The lowest BCUT2D eigenvalue weighted by atomic mass is 10.3. The molecule has 0 atom stereocenters. The van der Waals surface area contributed by atoms with Crippen molar-refractivity contribution < 1.29 is 9.53 Å². The number of aromatic nitrogens is 4. The summed E-state index contributed by atoms with van der Waals surface area (Å²) >= 11 is 0. The Morgan fingerprint density at radius 1 is 0.963 bits per heavy atom. The molecule has 4 aromatic rings. The van der Waals surface area contributed by atoms with Crippen LogP contribution in [0.3, 0.4) is 0 Å². The average molecular weight is 359 g/mol. The molecule has 1 amide bonds. The predicted octanol–water partition coefficient (Wildman–Crippen LogP) is 3.04. The molecule has 0 saturated heterocycles. The van der Waals surface area contributed by atoms with E-state index in [9.17, 15) is 4.79 Å². The van der Waals surface area contributed by atoms with Crippen LogP contribution in [0.4, 0.5) is 5.95 Å². The van der Waals surface area contributed by atoms with E-state index in [0.717, 1.165) is 16.8 Å². The number of hydrogen-bond donors (Lipinski definition) is 1. The molecule has 0 saturated carbocycles. The van der Waals surface area contributed by atoms with Gasteiger partial charge < -0.3 is 9.30 Å². The zero-order chi connectivity index (χ0) is 18.5. The van der Waals surface area contributed by atoms with Crippen molar-refractivity contribution in [3.05, 3.63) is 78.9 Å². The lowest BCUT2D eigenvalue weighted by molar-refractivity contribution is -0.116. The number of carbonyl (C=O) groups excluding carboxylic acids is 1. The quantitative estimate of drug-likeness (QED) is 0.572. The van der Waals surface area contributed by atoms with Gasteiger partial charge in [0.1, 0.15) is 24.7 Å². The highest BCUT2D eigenvalue weighted by atomic mass is 16.5. The van der Waals surface area contributed by atoms with E-state index < -0.39 is 0 Å². The van der Waals surface area contributed by atoms with Gasteiger partial charge in [-0.3, -0.25) is 10.1 Å². The number of amides is 1. The Bertz CT molecular complexity index is 1050. The van der Waals surface area contributed by atoms with Crippen molar-refractivity contribution in [3.8, 4) is 5.75 Å². The number of nitrogens with zero attached hydrogens (tertiary/aromatic N) is 4. The fourth-order valence-electron chi connectivity index (χ4n) is 2.75. The highest BCUT2D eigenvalue weighted by Gasteiger charge is 2.15. The van der Waals surface area contributed by atoms with Gasteiger partial charge in [0.15, 0.2) is 0 Å². The number of hydrogen-bond acceptors (Lipinski definition) is 5. The summed E-state index contributed by atoms with van der Waals surface area (Å²) in [5, 5.41) is 2.70. The number of para-hydroxylation sites is 3. The van der Waals surface area contributed by atoms with E-state index in [0.29, 0.717) is 5.82 Å². The van der Waals surface area contributed by atoms with E-state index in [1.54, 1.807) is 18.5 Å². The van der Waals surface area contributed by atoms with Gasteiger partial charge in [-0.25, -0.2) is 15.0 Å². The molecule has 27 heavy (non-hydrogen) atoms. The number of rotatable bonds is 6. The van der Waals surface area contributed by atoms with Crippen molar-refractivity contribution in [1.29, 1.82) is 0 Å². The van der Waals surface area contributed by atoms with Gasteiger partial charge >= 0.3 is 0 Å². The fraction of sp³-hybridized carbons (Fsp3) is 0.100. The third-order valence-electron chi connectivity index (χ3n) is 3.96. The van der Waals surface area contributed by atoms with Gasteiger partial charge in [-0.1, -0.05) is 30.3 Å². The topological polar surface area (TPSA) is 81.9 Å². The molecule has 7 nitrogen and oxygen atoms in total. The first kappa shape index (κ1) is 16.7. The van der Waals surface area contributed by atoms with Gasteiger partial charge in [-0.15, -0.1) is 0 Å². The first-order chi connectivity index (χ1) is 13.3. The van der Waals surface area contributed by atoms with Gasteiger partial charge in [-0.05, 0) is 30.3 Å². The zero-order valence-corrected chi connectivity index (χ0v) is 14.4. The number of benzene rings is 2. The van der Waals surface area contributed by atoms with Gasteiger partial charge in [0.25, 0.3) is 0 Å². The number of ether oxygens (including phenoxy) is 1. The van der Waals surface area contributed by atoms with Crippen molar-refractivity contribution in [2.24, 2.45) is 0 Å². The molecule has 0 radical (unpaired) electrons. The predicted molar refractivity (Wildman–Crippen MR) is 101 cm³/mol. The molecule has 1 N–H and O–H groups in total. The molecule has 0 unspecified atom stereocenters. The van der Waals surface area contributed by atoms with Crippen molar-refractivity contribution in [2.45, 2.75) is 13.2 Å². The molecule has 0 aliphatic carbocycles. The Balaban J connectivity index is 1.57. The summed E-state index contributed by atoms with van der Waals surface area (Å²) in [6, 6.07) is 18.9. The van der Waals surface area contributed by atoms with E-state index in [2.05, 4.69) is 20.3 Å². The average Bonchev–Trinajstić information content (AvgIpc) is 3.05. The number of fused-ring (bicyclic) bond motifs is 1. The summed E-state index contributed by atoms with van der Waals surface area (Å²) in [5.74, 6) is 1.46. The zero-order valence-electron chi connectivity index (χ0n) is 14.4. The fourth-order valence-corrected chi connectivity index (χ4v) is 2.75. The second-order valence-corrected chi connectivity index (χ2v) is 5.83. The third-order valence-corrected chi connectivity index (χ3v) is 3.96. The highest BCUT2D eigenvalue weighted by Crippen LogP contribution is 2.18. The van der Waals surface area contributed by atoms with Gasteiger partial charge in [0, 0.05) is 12.4 Å². The Morgan fingerprint density at radius 2 is 1.70 bits per heavy atom. The lowest BCUT2D eigenvalue weighted by Gasteiger charge is -2.10. The van der Waals surface area contributed by atoms with Crippen LogP contribution in [0.5, 0.6) is 5.75 Å². The number of nitrogens with one attached hydrogen (secondary N) is 1. The van der Waals surface area contributed by atoms with E-state index >= 15 is 0 Å². The second kappa shape index (κ2) is 7.65. The maximum absolute atomic E-state index is 12.5. The first-order valence-corrected chi connectivity index (χ1v) is 8.48. The van der Waals surface area contributed by atoms with Crippen LogP contribution >= 0.6 is 0 Å². The normalized spacial score (nSPS) is 10.7. The minimum Gasteiger partial charge on any atom is -0.486 e. The lowest BCUT2D eigenvalue weighted by Crippen LogP contribution is -2.21. The first-order valence-electron chi connectivity index (χ1n) is 8.48. The second-order valence-electron chi connectivity index (χ2n) is 5.83. The number of carbonyl (C=O) groups is 1. The summed E-state index contributed by atoms with van der Waals surface area (Å²) in [5.41, 5.74) is 1.68. The van der Waals surface area contributed by atoms with Gasteiger partial charge in [0.05, 0.1) is 11.0 Å². The smallest absolute Gasteiger partial charge is 0.246 e. The summed E-state index contributed by atoms with van der Waals surface area (Å²) in [7, 11) is 0. The number of anilines is 1. The standard InChI is InChI=1S/C20H17N5O2/c26-19(24-20-21-11-6-12-22-20)13-25-17-10-5-4-9-16(17)23-18(25)14-27-15-7-2-1-3-8-15/h1-12H,13-14H2,(H,21,22,24,26).